The van der Waals surface area contributed by atoms with Crippen molar-refractivity contribution in [2.24, 2.45) is 0 Å². The van der Waals surface area contributed by atoms with Crippen LogP contribution in [0.5, 0.6) is 5.75 Å². The summed E-state index contributed by atoms with van der Waals surface area (Å²) in [5.74, 6) is 0.588. The molecular weight excluding hydrogens is 254 g/mol. The van der Waals surface area contributed by atoms with E-state index in [4.69, 9.17) is 4.74 Å². The number of carbonyl (C=O) groups excluding carboxylic acids is 1. The van der Waals surface area contributed by atoms with Crippen LogP contribution in [0.1, 0.15) is 31.7 Å². The monoisotopic (exact) mass is 275 g/mol. The molecular formula is C16H21NO3. The maximum Gasteiger partial charge on any atom is 0.244 e. The molecule has 0 aliphatic heterocycles. The van der Waals surface area contributed by atoms with Crippen LogP contribution in [0, 0.1) is 0 Å². The Morgan fingerprint density at radius 1 is 1.50 bits per heavy atom. The second-order valence-electron chi connectivity index (χ2n) is 5.36. The summed E-state index contributed by atoms with van der Waals surface area (Å²) >= 11 is 0. The molecule has 1 aliphatic carbocycles. The molecule has 1 amide bonds. The molecule has 1 aliphatic rings. The number of aliphatic hydroxyl groups is 1. The van der Waals surface area contributed by atoms with Crippen molar-refractivity contribution in [1.82, 2.24) is 5.32 Å². The Morgan fingerprint density at radius 3 is 2.85 bits per heavy atom. The molecule has 4 heteroatoms. The predicted octanol–water partition coefficient (Wildman–Crippen LogP) is 2.13. The minimum atomic E-state index is -0.687. The molecule has 0 bridgehead atoms. The van der Waals surface area contributed by atoms with E-state index in [9.17, 15) is 9.90 Å². The quantitative estimate of drug-likeness (QED) is 0.809. The van der Waals surface area contributed by atoms with Gasteiger partial charge >= 0.3 is 0 Å². The molecule has 2 N–H and O–H groups in total. The maximum atomic E-state index is 11.8. The summed E-state index contributed by atoms with van der Waals surface area (Å²) in [4.78, 5) is 11.8. The third kappa shape index (κ3) is 3.61. The largest absolute Gasteiger partial charge is 0.497 e. The molecule has 1 aromatic carbocycles. The number of hydrogen-bond acceptors (Lipinski definition) is 3. The van der Waals surface area contributed by atoms with Crippen molar-refractivity contribution in [3.63, 3.8) is 0 Å². The highest BCUT2D eigenvalue weighted by Gasteiger charge is 2.34. The zero-order valence-electron chi connectivity index (χ0n) is 12.0. The lowest BCUT2D eigenvalue weighted by Crippen LogP contribution is -2.47. The molecule has 0 atom stereocenters. The van der Waals surface area contributed by atoms with Crippen molar-refractivity contribution in [3.05, 3.63) is 35.9 Å². The second-order valence-corrected chi connectivity index (χ2v) is 5.36. The molecule has 1 aromatic rings. The highest BCUT2D eigenvalue weighted by atomic mass is 16.5. The fourth-order valence-corrected chi connectivity index (χ4v) is 2.21. The maximum absolute atomic E-state index is 11.8. The van der Waals surface area contributed by atoms with E-state index in [-0.39, 0.29) is 5.91 Å². The number of hydrogen-bond donors (Lipinski definition) is 2. The lowest BCUT2D eigenvalue weighted by Gasteiger charge is -2.36. The van der Waals surface area contributed by atoms with Crippen LogP contribution in [0.3, 0.4) is 0 Å². The first kappa shape index (κ1) is 14.6. The van der Waals surface area contributed by atoms with E-state index in [0.717, 1.165) is 36.1 Å². The van der Waals surface area contributed by atoms with Gasteiger partial charge in [-0.1, -0.05) is 12.1 Å². The topological polar surface area (TPSA) is 58.6 Å². The van der Waals surface area contributed by atoms with Crippen molar-refractivity contribution < 1.29 is 14.6 Å². The van der Waals surface area contributed by atoms with E-state index in [2.05, 4.69) is 5.32 Å². The van der Waals surface area contributed by atoms with Crippen LogP contribution in [0.2, 0.25) is 0 Å². The molecule has 1 saturated carbocycles. The van der Waals surface area contributed by atoms with Crippen molar-refractivity contribution in [2.45, 2.75) is 31.8 Å². The molecule has 0 spiro atoms. The lowest BCUT2D eigenvalue weighted by molar-refractivity contribution is -0.118. The molecule has 4 nitrogen and oxygen atoms in total. The number of ether oxygens (including phenoxy) is 1. The fourth-order valence-electron chi connectivity index (χ4n) is 2.21. The van der Waals surface area contributed by atoms with Crippen LogP contribution in [0.25, 0.3) is 5.57 Å². The predicted molar refractivity (Wildman–Crippen MR) is 78.5 cm³/mol. The second kappa shape index (κ2) is 6.09. The van der Waals surface area contributed by atoms with E-state index in [0.29, 0.717) is 6.54 Å². The molecule has 2 rings (SSSR count). The minimum Gasteiger partial charge on any atom is -0.497 e. The molecule has 0 heterocycles. The lowest BCUT2D eigenvalue weighted by atomic mass is 9.80. The van der Waals surface area contributed by atoms with E-state index in [1.165, 1.54) is 0 Å². The van der Waals surface area contributed by atoms with Crippen LogP contribution in [0.15, 0.2) is 30.3 Å². The Hall–Kier alpha value is -1.81. The Balaban J connectivity index is 1.96. The van der Waals surface area contributed by atoms with Gasteiger partial charge in [-0.2, -0.15) is 0 Å². The average Bonchev–Trinajstić information content (AvgIpc) is 2.43. The highest BCUT2D eigenvalue weighted by molar-refractivity contribution is 5.94. The molecule has 0 radical (unpaired) electrons. The fraction of sp³-hybridized carbons (Fsp3) is 0.438. The zero-order valence-corrected chi connectivity index (χ0v) is 12.0. The molecule has 0 unspecified atom stereocenters. The number of amides is 1. The van der Waals surface area contributed by atoms with Crippen LogP contribution in [-0.4, -0.2) is 30.3 Å². The average molecular weight is 275 g/mol. The third-order valence-electron chi connectivity index (χ3n) is 3.75. The van der Waals surface area contributed by atoms with Gasteiger partial charge in [-0.3, -0.25) is 4.79 Å². The number of carbonyl (C=O) groups is 1. The Labute approximate surface area is 119 Å². The van der Waals surface area contributed by atoms with Gasteiger partial charge in [0.1, 0.15) is 5.75 Å². The van der Waals surface area contributed by atoms with Crippen LogP contribution >= 0.6 is 0 Å². The van der Waals surface area contributed by atoms with Gasteiger partial charge in [0.2, 0.25) is 5.91 Å². The van der Waals surface area contributed by atoms with Gasteiger partial charge in [0.25, 0.3) is 0 Å². The summed E-state index contributed by atoms with van der Waals surface area (Å²) in [6, 6.07) is 7.57. The van der Waals surface area contributed by atoms with Gasteiger partial charge in [0.05, 0.1) is 12.7 Å². The van der Waals surface area contributed by atoms with Gasteiger partial charge in [0.15, 0.2) is 0 Å². The highest BCUT2D eigenvalue weighted by Crippen LogP contribution is 2.30. The molecule has 20 heavy (non-hydrogen) atoms. The SMILES string of the molecule is COc1cccc(/C(C)=C/C(=O)NCC2(O)CCC2)c1. The Bertz CT molecular complexity index is 518. The zero-order chi connectivity index (χ0) is 14.6. The van der Waals surface area contributed by atoms with Crippen molar-refractivity contribution >= 4 is 11.5 Å². The summed E-state index contributed by atoms with van der Waals surface area (Å²) in [6.07, 6.45) is 4.12. The van der Waals surface area contributed by atoms with E-state index >= 15 is 0 Å². The van der Waals surface area contributed by atoms with Crippen LogP contribution < -0.4 is 10.1 Å². The number of methoxy groups -OCH3 is 1. The summed E-state index contributed by atoms with van der Waals surface area (Å²) < 4.78 is 5.16. The van der Waals surface area contributed by atoms with E-state index in [1.807, 2.05) is 31.2 Å². The Morgan fingerprint density at radius 2 is 2.25 bits per heavy atom. The number of nitrogens with one attached hydrogen (secondary N) is 1. The van der Waals surface area contributed by atoms with Gasteiger partial charge in [-0.25, -0.2) is 0 Å². The third-order valence-corrected chi connectivity index (χ3v) is 3.75. The number of rotatable bonds is 5. The van der Waals surface area contributed by atoms with Crippen molar-refractivity contribution in [1.29, 1.82) is 0 Å². The molecule has 0 aromatic heterocycles. The van der Waals surface area contributed by atoms with E-state index in [1.54, 1.807) is 13.2 Å². The first-order valence-corrected chi connectivity index (χ1v) is 6.85. The first-order chi connectivity index (χ1) is 9.52. The van der Waals surface area contributed by atoms with Gasteiger partial charge in [0, 0.05) is 12.6 Å². The summed E-state index contributed by atoms with van der Waals surface area (Å²) in [6.45, 7) is 2.21. The Kier molecular flexibility index (Phi) is 4.45. The first-order valence-electron chi connectivity index (χ1n) is 6.85. The van der Waals surface area contributed by atoms with Gasteiger partial charge < -0.3 is 15.2 Å². The normalized spacial score (nSPS) is 17.2. The molecule has 1 fully saturated rings. The minimum absolute atomic E-state index is 0.175. The summed E-state index contributed by atoms with van der Waals surface area (Å²) in [5.41, 5.74) is 1.12. The summed E-state index contributed by atoms with van der Waals surface area (Å²) in [7, 11) is 1.62. The van der Waals surface area contributed by atoms with Crippen molar-refractivity contribution in [3.8, 4) is 5.75 Å². The van der Waals surface area contributed by atoms with Crippen LogP contribution in [0.4, 0.5) is 0 Å². The molecule has 108 valence electrons. The van der Waals surface area contributed by atoms with Gasteiger partial charge in [-0.15, -0.1) is 0 Å². The molecule has 0 saturated heterocycles. The smallest absolute Gasteiger partial charge is 0.244 e. The van der Waals surface area contributed by atoms with E-state index < -0.39 is 5.60 Å². The van der Waals surface area contributed by atoms with Crippen molar-refractivity contribution in [2.75, 3.05) is 13.7 Å². The number of benzene rings is 1. The van der Waals surface area contributed by atoms with Crippen LogP contribution in [-0.2, 0) is 4.79 Å². The number of allylic oxidation sites excluding steroid dienone is 1. The standard InChI is InChI=1S/C16H21NO3/c1-12(13-5-3-6-14(10-13)20-2)9-15(18)17-11-16(19)7-4-8-16/h3,5-6,9-10,19H,4,7-8,11H2,1-2H3,(H,17,18)/b12-9+. The summed E-state index contributed by atoms with van der Waals surface area (Å²) in [5, 5.41) is 12.7. The van der Waals surface area contributed by atoms with Gasteiger partial charge in [-0.05, 0) is 49.5 Å².